The largest absolute Gasteiger partial charge is 0.470 e. The number of aromatic amines is 1. The number of sulfonamides is 1. The van der Waals surface area contributed by atoms with E-state index in [0.717, 1.165) is 62.5 Å². The Balaban J connectivity index is 0.859. The van der Waals surface area contributed by atoms with E-state index in [1.807, 2.05) is 42.3 Å². The number of likely N-dealkylation sites (tertiary alicyclic amines) is 1. The minimum absolute atomic E-state index is 0.0815. The summed E-state index contributed by atoms with van der Waals surface area (Å²) < 4.78 is 43.0. The van der Waals surface area contributed by atoms with Crippen LogP contribution in [-0.4, -0.2) is 103 Å². The molecule has 0 radical (unpaired) electrons. The monoisotopic (exact) mass is 986 g/mol. The summed E-state index contributed by atoms with van der Waals surface area (Å²) in [5.74, 6) is 0.113. The number of anilines is 4. The lowest BCUT2D eigenvalue weighted by Crippen LogP contribution is -2.55. The van der Waals surface area contributed by atoms with E-state index in [0.29, 0.717) is 80.0 Å². The summed E-state index contributed by atoms with van der Waals surface area (Å²) in [6.45, 7) is 10.9. The molecule has 16 nitrogen and oxygen atoms in total. The van der Waals surface area contributed by atoms with Gasteiger partial charge in [-0.15, -0.1) is 0 Å². The topological polar surface area (TPSA) is 195 Å². The molecule has 5 fully saturated rings. The number of H-pyrrole nitrogens is 1. The van der Waals surface area contributed by atoms with E-state index in [2.05, 4.69) is 62.9 Å². The van der Waals surface area contributed by atoms with Crippen LogP contribution in [0, 0.1) is 27.4 Å². The zero-order valence-electron chi connectivity index (χ0n) is 40.9. The number of nitrogens with one attached hydrogen (secondary N) is 3. The van der Waals surface area contributed by atoms with Crippen molar-refractivity contribution in [3.63, 3.8) is 0 Å². The molecule has 71 heavy (non-hydrogen) atoms. The third-order valence-electron chi connectivity index (χ3n) is 16.8. The van der Waals surface area contributed by atoms with Crippen LogP contribution < -0.4 is 24.6 Å². The number of amides is 1. The maximum absolute atomic E-state index is 14.7. The Labute approximate surface area is 415 Å². The molecule has 11 rings (SSSR count). The van der Waals surface area contributed by atoms with E-state index in [-0.39, 0.29) is 34.6 Å². The molecule has 4 N–H and O–H groups in total. The van der Waals surface area contributed by atoms with E-state index in [1.54, 1.807) is 6.07 Å². The van der Waals surface area contributed by atoms with Gasteiger partial charge in [-0.05, 0) is 149 Å². The van der Waals surface area contributed by atoms with Gasteiger partial charge in [0.1, 0.15) is 23.1 Å². The molecule has 4 aliphatic heterocycles. The van der Waals surface area contributed by atoms with E-state index in [4.69, 9.17) is 14.5 Å². The number of nitro benzene ring substituents is 1. The second kappa shape index (κ2) is 18.7. The number of ether oxygens (including phenoxy) is 2. The van der Waals surface area contributed by atoms with Gasteiger partial charge in [0.2, 0.25) is 5.88 Å². The maximum atomic E-state index is 14.7. The second-order valence-electron chi connectivity index (χ2n) is 21.9. The summed E-state index contributed by atoms with van der Waals surface area (Å²) in [6, 6.07) is 23.2. The van der Waals surface area contributed by atoms with Crippen LogP contribution in [0.4, 0.5) is 28.4 Å². The maximum Gasteiger partial charge on any atom is 0.293 e. The van der Waals surface area contributed by atoms with Gasteiger partial charge >= 0.3 is 0 Å². The molecule has 6 aliphatic rings. The van der Waals surface area contributed by atoms with Crippen molar-refractivity contribution in [2.45, 2.75) is 120 Å². The molecule has 2 aliphatic carbocycles. The summed E-state index contributed by atoms with van der Waals surface area (Å²) >= 11 is 0. The number of rotatable bonds is 12. The number of carbonyl (C=O) groups is 1. The zero-order valence-corrected chi connectivity index (χ0v) is 41.8. The SMILES string of the molecule is CC(C)c1ccccc1[C@@H]1CCCN1C1CC2(CCN(c3ccc(C(=O)NS(=O)(=O)c4ccc(NCC5CCC(C)(O)CC5)c([N+](=O)[O-])c4)c(N4C[C@H]5COC[C@@H]5Oc5nc6[nH]ccc6cc54)c3)CC2)C1. The molecule has 2 saturated carbocycles. The molecule has 3 aromatic carbocycles. The molecular formula is C54H66N8O8S. The third-order valence-corrected chi connectivity index (χ3v) is 18.2. The normalized spacial score (nSPS) is 25.6. The first-order valence-corrected chi connectivity index (χ1v) is 27.2. The first kappa shape index (κ1) is 47.6. The zero-order chi connectivity index (χ0) is 49.2. The van der Waals surface area contributed by atoms with Crippen molar-refractivity contribution in [1.82, 2.24) is 19.6 Å². The highest BCUT2D eigenvalue weighted by Gasteiger charge is 2.50. The summed E-state index contributed by atoms with van der Waals surface area (Å²) in [5, 5.41) is 26.7. The molecule has 6 heterocycles. The Bertz CT molecular complexity index is 2930. The van der Waals surface area contributed by atoms with Gasteiger partial charge in [-0.1, -0.05) is 38.1 Å². The average Bonchev–Trinajstić information content (AvgIpc) is 4.12. The third kappa shape index (κ3) is 9.34. The molecule has 2 aromatic heterocycles. The number of fused-ring (bicyclic) bond motifs is 3. The predicted octanol–water partition coefficient (Wildman–Crippen LogP) is 9.20. The number of hydrogen-bond donors (Lipinski definition) is 4. The van der Waals surface area contributed by atoms with Crippen LogP contribution in [0.25, 0.3) is 11.0 Å². The van der Waals surface area contributed by atoms with E-state index in [9.17, 15) is 28.4 Å². The van der Waals surface area contributed by atoms with Gasteiger partial charge in [0.15, 0.2) is 0 Å². The van der Waals surface area contributed by atoms with Gasteiger partial charge in [0.05, 0.1) is 39.9 Å². The van der Waals surface area contributed by atoms with Crippen LogP contribution in [0.3, 0.4) is 0 Å². The highest BCUT2D eigenvalue weighted by molar-refractivity contribution is 7.90. The van der Waals surface area contributed by atoms with E-state index < -0.39 is 37.0 Å². The van der Waals surface area contributed by atoms with Crippen LogP contribution in [0.5, 0.6) is 5.88 Å². The van der Waals surface area contributed by atoms with Gasteiger partial charge in [0.25, 0.3) is 21.6 Å². The van der Waals surface area contributed by atoms with Crippen molar-refractivity contribution in [3.05, 3.63) is 106 Å². The first-order valence-electron chi connectivity index (χ1n) is 25.7. The van der Waals surface area contributed by atoms with Crippen molar-refractivity contribution in [3.8, 4) is 5.88 Å². The number of benzene rings is 3. The number of aromatic nitrogens is 2. The molecule has 3 saturated heterocycles. The molecule has 17 heteroatoms. The predicted molar refractivity (Wildman–Crippen MR) is 273 cm³/mol. The fraction of sp³-hybridized carbons (Fsp3) is 0.519. The molecule has 5 aromatic rings. The van der Waals surface area contributed by atoms with Crippen molar-refractivity contribution < 1.29 is 32.7 Å². The standard InChI is InChI=1S/C54H66N8O8S/c1-34(2)41-7-4-5-8-42(41)45-9-6-22-60(45)39-28-54(29-39)19-23-59(24-20-54)38-10-12-43(46(26-38)61-31-37-32-69-33-49(37)70-52-48(61)25-36-16-21-55-50(36)57-52)51(63)58-71(67,68)40-11-13-44(47(27-40)62(65)66)56-30-35-14-17-53(3,64)18-15-35/h4-5,7-8,10-13,16,21,25-27,34-35,37,39,45,49,56,64H,6,9,14-15,17-20,22-24,28-33H2,1-3H3,(H,55,57)(H,58,63)/t35?,37-,45-,49-,53?/m0/s1. The average molecular weight is 987 g/mol. The second-order valence-corrected chi connectivity index (χ2v) is 23.6. The van der Waals surface area contributed by atoms with Crippen LogP contribution in [-0.2, 0) is 14.8 Å². The van der Waals surface area contributed by atoms with Gasteiger partial charge in [-0.2, -0.15) is 4.98 Å². The van der Waals surface area contributed by atoms with E-state index >= 15 is 0 Å². The Hall–Kier alpha value is -5.75. The summed E-state index contributed by atoms with van der Waals surface area (Å²) in [4.78, 5) is 41.2. The van der Waals surface area contributed by atoms with Crippen LogP contribution in [0.2, 0.25) is 0 Å². The number of nitro groups is 1. The van der Waals surface area contributed by atoms with Gasteiger partial charge in [-0.25, -0.2) is 13.1 Å². The van der Waals surface area contributed by atoms with Crippen LogP contribution in [0.15, 0.2) is 83.9 Å². The van der Waals surface area contributed by atoms with Crippen LogP contribution >= 0.6 is 0 Å². The molecule has 0 unspecified atom stereocenters. The number of pyridine rings is 1. The van der Waals surface area contributed by atoms with Crippen molar-refractivity contribution in [1.29, 1.82) is 0 Å². The van der Waals surface area contributed by atoms with Crippen LogP contribution in [0.1, 0.15) is 118 Å². The summed E-state index contributed by atoms with van der Waals surface area (Å²) in [5.41, 5.74) is 5.13. The molecule has 376 valence electrons. The minimum Gasteiger partial charge on any atom is -0.470 e. The van der Waals surface area contributed by atoms with Gasteiger partial charge < -0.3 is 34.7 Å². The summed E-state index contributed by atoms with van der Waals surface area (Å²) in [7, 11) is -4.61. The van der Waals surface area contributed by atoms with Crippen molar-refractivity contribution >= 4 is 55.4 Å². The molecule has 1 spiro atoms. The number of nitrogens with zero attached hydrogens (tertiary/aromatic N) is 5. The lowest BCUT2D eigenvalue weighted by Gasteiger charge is -2.56. The minimum atomic E-state index is -4.61. The first-order chi connectivity index (χ1) is 34.1. The Morgan fingerprint density at radius 3 is 2.54 bits per heavy atom. The fourth-order valence-corrected chi connectivity index (χ4v) is 13.6. The Morgan fingerprint density at radius 2 is 1.76 bits per heavy atom. The van der Waals surface area contributed by atoms with Crippen molar-refractivity contribution in [2.24, 2.45) is 17.3 Å². The molecular weight excluding hydrogens is 921 g/mol. The highest BCUT2D eigenvalue weighted by Crippen LogP contribution is 2.55. The summed E-state index contributed by atoms with van der Waals surface area (Å²) in [6.07, 6.45) is 11.3. The highest BCUT2D eigenvalue weighted by atomic mass is 32.2. The number of aliphatic hydroxyl groups is 1. The molecule has 3 atom stereocenters. The lowest BCUT2D eigenvalue weighted by atomic mass is 9.59. The quantitative estimate of drug-likeness (QED) is 0.0683. The molecule has 1 amide bonds. The Kier molecular flexibility index (Phi) is 12.5. The Morgan fingerprint density at radius 1 is 0.972 bits per heavy atom. The fourth-order valence-electron chi connectivity index (χ4n) is 12.6. The van der Waals surface area contributed by atoms with Gasteiger partial charge in [-0.3, -0.25) is 19.8 Å². The smallest absolute Gasteiger partial charge is 0.293 e. The number of piperidine rings is 1. The number of carbonyl (C=O) groups excluding carboxylic acids is 1. The number of hydrogen-bond acceptors (Lipinski definition) is 13. The lowest BCUT2D eigenvalue weighted by molar-refractivity contribution is -0.384. The van der Waals surface area contributed by atoms with Crippen molar-refractivity contribution in [2.75, 3.05) is 61.1 Å². The van der Waals surface area contributed by atoms with E-state index in [1.165, 1.54) is 48.9 Å². The molecule has 0 bridgehead atoms. The van der Waals surface area contributed by atoms with Gasteiger partial charge in [0, 0.05) is 67.5 Å².